The highest BCUT2D eigenvalue weighted by Crippen LogP contribution is 2.18. The van der Waals surface area contributed by atoms with Crippen LogP contribution in [0.1, 0.15) is 355 Å². The first kappa shape index (κ1) is 74.1. The molecule has 0 bridgehead atoms. The fraction of sp³-hybridized carbons (Fsp3) is 0.817. The van der Waals surface area contributed by atoms with Crippen LogP contribution in [-0.2, 0) is 28.6 Å². The summed E-state index contributed by atoms with van der Waals surface area (Å²) in [5.74, 6) is -0.871. The Labute approximate surface area is 479 Å². The summed E-state index contributed by atoms with van der Waals surface area (Å²) in [5.41, 5.74) is 0. The molecule has 0 N–H and O–H groups in total. The molecule has 6 heteroatoms. The molecule has 0 amide bonds. The zero-order valence-electron chi connectivity index (χ0n) is 51.5. The van der Waals surface area contributed by atoms with Crippen LogP contribution in [0.5, 0.6) is 0 Å². The number of allylic oxidation sites excluding steroid dienone is 10. The molecule has 0 aromatic heterocycles. The van der Waals surface area contributed by atoms with Gasteiger partial charge in [0.15, 0.2) is 6.10 Å². The molecular formula is C71H128O6. The van der Waals surface area contributed by atoms with Crippen LogP contribution in [0.3, 0.4) is 0 Å². The molecular weight excluding hydrogens is 949 g/mol. The van der Waals surface area contributed by atoms with Gasteiger partial charge in [0.05, 0.1) is 0 Å². The van der Waals surface area contributed by atoms with Crippen LogP contribution in [0.4, 0.5) is 0 Å². The van der Waals surface area contributed by atoms with Crippen LogP contribution in [0.25, 0.3) is 0 Å². The fourth-order valence-corrected chi connectivity index (χ4v) is 9.96. The summed E-state index contributed by atoms with van der Waals surface area (Å²) in [7, 11) is 0. The highest BCUT2D eigenvalue weighted by molar-refractivity contribution is 5.71. The van der Waals surface area contributed by atoms with Crippen molar-refractivity contribution < 1.29 is 28.6 Å². The first-order valence-corrected chi connectivity index (χ1v) is 33.8. The van der Waals surface area contributed by atoms with Gasteiger partial charge in [0, 0.05) is 19.3 Å². The van der Waals surface area contributed by atoms with Crippen LogP contribution in [-0.4, -0.2) is 37.2 Å². The summed E-state index contributed by atoms with van der Waals surface area (Å²) in [6.45, 7) is 6.57. The topological polar surface area (TPSA) is 78.9 Å². The standard InChI is InChI=1S/C71H128O6/c1-4-7-10-13-16-19-22-25-28-31-34-35-38-40-43-46-49-52-55-58-61-64-70(73)76-67-68(77-71(74)65-62-59-56-53-50-47-44-41-37-33-30-27-24-21-18-15-12-9-6-3)66-75-69(72)63-60-57-54-51-48-45-42-39-36-32-29-26-23-20-17-14-11-8-5-2/h9,12,18,21,26-27,29-30,37,41,68H,4-8,10-11,13-17,19-20,22-25,28,31-36,38-40,42-67H2,1-3H3/b12-9-,21-18-,29-26-,30-27-,41-37-. The molecule has 0 spiro atoms. The van der Waals surface area contributed by atoms with E-state index in [1.165, 1.54) is 218 Å². The number of ether oxygens (including phenoxy) is 3. The molecule has 1 unspecified atom stereocenters. The maximum absolute atomic E-state index is 12.9. The highest BCUT2D eigenvalue weighted by Gasteiger charge is 2.19. The molecule has 77 heavy (non-hydrogen) atoms. The molecule has 0 heterocycles. The number of carbonyl (C=O) groups is 3. The quantitative estimate of drug-likeness (QED) is 0.0261. The number of unbranched alkanes of at least 4 members (excludes halogenated alkanes) is 41. The van der Waals surface area contributed by atoms with Gasteiger partial charge in [-0.1, -0.05) is 313 Å². The molecule has 0 aromatic rings. The Hall–Kier alpha value is -2.89. The Morgan fingerprint density at radius 2 is 0.506 bits per heavy atom. The largest absolute Gasteiger partial charge is 0.462 e. The van der Waals surface area contributed by atoms with Crippen molar-refractivity contribution in [3.8, 4) is 0 Å². The van der Waals surface area contributed by atoms with Crippen molar-refractivity contribution in [1.29, 1.82) is 0 Å². The van der Waals surface area contributed by atoms with E-state index in [0.717, 1.165) is 96.3 Å². The van der Waals surface area contributed by atoms with Crippen LogP contribution in [0.15, 0.2) is 60.8 Å². The van der Waals surface area contributed by atoms with E-state index in [2.05, 4.69) is 81.5 Å². The second kappa shape index (κ2) is 65.6. The van der Waals surface area contributed by atoms with Gasteiger partial charge in [-0.2, -0.15) is 0 Å². The summed E-state index contributed by atoms with van der Waals surface area (Å²) in [6.07, 6.45) is 83.7. The van der Waals surface area contributed by atoms with E-state index < -0.39 is 6.10 Å². The number of esters is 3. The number of hydrogen-bond acceptors (Lipinski definition) is 6. The normalized spacial score (nSPS) is 12.4. The second-order valence-electron chi connectivity index (χ2n) is 22.7. The van der Waals surface area contributed by atoms with Gasteiger partial charge in [-0.15, -0.1) is 0 Å². The summed E-state index contributed by atoms with van der Waals surface area (Å²) >= 11 is 0. The van der Waals surface area contributed by atoms with E-state index in [9.17, 15) is 14.4 Å². The molecule has 0 aliphatic carbocycles. The maximum Gasteiger partial charge on any atom is 0.306 e. The predicted octanol–water partition coefficient (Wildman–Crippen LogP) is 23.1. The number of rotatable bonds is 62. The van der Waals surface area contributed by atoms with Crippen molar-refractivity contribution in [1.82, 2.24) is 0 Å². The molecule has 0 saturated heterocycles. The minimum Gasteiger partial charge on any atom is -0.462 e. The summed E-state index contributed by atoms with van der Waals surface area (Å²) in [6, 6.07) is 0. The maximum atomic E-state index is 12.9. The summed E-state index contributed by atoms with van der Waals surface area (Å²) in [4.78, 5) is 38.4. The lowest BCUT2D eigenvalue weighted by molar-refractivity contribution is -0.167. The summed E-state index contributed by atoms with van der Waals surface area (Å²) in [5, 5.41) is 0. The second-order valence-corrected chi connectivity index (χ2v) is 22.7. The van der Waals surface area contributed by atoms with E-state index in [-0.39, 0.29) is 31.1 Å². The van der Waals surface area contributed by atoms with Gasteiger partial charge in [-0.3, -0.25) is 14.4 Å². The van der Waals surface area contributed by atoms with E-state index in [1.807, 2.05) is 0 Å². The minimum atomic E-state index is -0.783. The lowest BCUT2D eigenvalue weighted by Crippen LogP contribution is -2.30. The Morgan fingerprint density at radius 3 is 0.805 bits per heavy atom. The Morgan fingerprint density at radius 1 is 0.273 bits per heavy atom. The van der Waals surface area contributed by atoms with Crippen molar-refractivity contribution in [2.45, 2.75) is 361 Å². The monoisotopic (exact) mass is 1080 g/mol. The molecule has 0 aliphatic rings. The molecule has 0 rings (SSSR count). The number of carbonyl (C=O) groups excluding carboxylic acids is 3. The van der Waals surface area contributed by atoms with Crippen molar-refractivity contribution in [2.75, 3.05) is 13.2 Å². The molecule has 6 nitrogen and oxygen atoms in total. The Balaban J connectivity index is 4.36. The Kier molecular flexibility index (Phi) is 63.2. The number of hydrogen-bond donors (Lipinski definition) is 0. The third kappa shape index (κ3) is 63.8. The molecule has 0 fully saturated rings. The van der Waals surface area contributed by atoms with Gasteiger partial charge in [-0.25, -0.2) is 0 Å². The van der Waals surface area contributed by atoms with Crippen molar-refractivity contribution >= 4 is 17.9 Å². The van der Waals surface area contributed by atoms with E-state index in [1.54, 1.807) is 0 Å². The summed E-state index contributed by atoms with van der Waals surface area (Å²) < 4.78 is 17.0. The van der Waals surface area contributed by atoms with Gasteiger partial charge in [0.25, 0.3) is 0 Å². The molecule has 448 valence electrons. The van der Waals surface area contributed by atoms with Gasteiger partial charge in [0.1, 0.15) is 13.2 Å². The fourth-order valence-electron chi connectivity index (χ4n) is 9.96. The van der Waals surface area contributed by atoms with Crippen LogP contribution in [0, 0.1) is 0 Å². The predicted molar refractivity (Wildman–Crippen MR) is 335 cm³/mol. The average molecular weight is 1080 g/mol. The van der Waals surface area contributed by atoms with Gasteiger partial charge < -0.3 is 14.2 Å². The van der Waals surface area contributed by atoms with Gasteiger partial charge >= 0.3 is 17.9 Å². The van der Waals surface area contributed by atoms with E-state index >= 15 is 0 Å². The zero-order valence-corrected chi connectivity index (χ0v) is 51.5. The molecule has 1 atom stereocenters. The lowest BCUT2D eigenvalue weighted by Gasteiger charge is -2.18. The first-order valence-electron chi connectivity index (χ1n) is 33.8. The molecule has 0 radical (unpaired) electrons. The van der Waals surface area contributed by atoms with Crippen LogP contribution in [0.2, 0.25) is 0 Å². The molecule has 0 aliphatic heterocycles. The van der Waals surface area contributed by atoms with Crippen molar-refractivity contribution in [3.63, 3.8) is 0 Å². The smallest absolute Gasteiger partial charge is 0.306 e. The van der Waals surface area contributed by atoms with Gasteiger partial charge in [0.2, 0.25) is 0 Å². The zero-order chi connectivity index (χ0) is 55.7. The molecule has 0 saturated carbocycles. The van der Waals surface area contributed by atoms with E-state index in [4.69, 9.17) is 14.2 Å². The third-order valence-corrected chi connectivity index (χ3v) is 15.0. The van der Waals surface area contributed by atoms with Crippen molar-refractivity contribution in [3.05, 3.63) is 60.8 Å². The Bertz CT molecular complexity index is 1380. The minimum absolute atomic E-state index is 0.0770. The van der Waals surface area contributed by atoms with Crippen LogP contribution >= 0.6 is 0 Å². The van der Waals surface area contributed by atoms with Crippen molar-refractivity contribution in [2.24, 2.45) is 0 Å². The average Bonchev–Trinajstić information content (AvgIpc) is 3.43. The van der Waals surface area contributed by atoms with Gasteiger partial charge in [-0.05, 0) is 83.5 Å². The third-order valence-electron chi connectivity index (χ3n) is 15.0. The SMILES string of the molecule is CC/C=C\C/C=C\C/C=C\C/C=C\CCCCCCCCC(=O)OC(COC(=O)CCCCCCCCCCC/C=C\CCCCCCCC)COC(=O)CCCCCCCCCCCCCCCCCCCCCCC. The first-order chi connectivity index (χ1) is 38.0. The molecule has 0 aromatic carbocycles. The van der Waals surface area contributed by atoms with Crippen LogP contribution < -0.4 is 0 Å². The lowest BCUT2D eigenvalue weighted by atomic mass is 10.0. The highest BCUT2D eigenvalue weighted by atomic mass is 16.6. The van der Waals surface area contributed by atoms with E-state index in [0.29, 0.717) is 19.3 Å².